The maximum absolute atomic E-state index is 13.1. The first-order valence-electron chi connectivity index (χ1n) is 28.2. The second kappa shape index (κ2) is 38.4. The van der Waals surface area contributed by atoms with E-state index in [2.05, 4.69) is 26.6 Å². The molecule has 86 heavy (non-hydrogen) atoms. The Morgan fingerprint density at radius 1 is 0.349 bits per heavy atom. The normalized spacial score (nSPS) is 11.5. The summed E-state index contributed by atoms with van der Waals surface area (Å²) >= 11 is 0. The third kappa shape index (κ3) is 32.7. The van der Waals surface area contributed by atoms with Gasteiger partial charge in [-0.05, 0) is 41.0 Å². The van der Waals surface area contributed by atoms with E-state index < -0.39 is 129 Å². The van der Waals surface area contributed by atoms with Crippen LogP contribution in [0.4, 0.5) is 0 Å². The third-order valence-electron chi connectivity index (χ3n) is 13.1. The van der Waals surface area contributed by atoms with Crippen LogP contribution in [0, 0.1) is 5.92 Å². The highest BCUT2D eigenvalue weighted by atomic mass is 33.1. The van der Waals surface area contributed by atoms with Gasteiger partial charge in [-0.15, -0.1) is 0 Å². The number of rotatable bonds is 38. The molecule has 0 aliphatic heterocycles. The highest BCUT2D eigenvalue weighted by Crippen LogP contribution is 2.45. The van der Waals surface area contributed by atoms with Crippen molar-refractivity contribution in [1.29, 1.82) is 0 Å². The fourth-order valence-corrected chi connectivity index (χ4v) is 9.41. The molecular formula is C55H99N15O14S2. The molecule has 0 fully saturated rings. The minimum Gasteiger partial charge on any atom is -0.356 e. The average molecular weight is 1260 g/mol. The summed E-state index contributed by atoms with van der Waals surface area (Å²) in [6.45, 7) is 14.3. The topological polar surface area (TPSA) is 332 Å². The average Bonchev–Trinajstić information content (AvgIpc) is 3.55. The predicted molar refractivity (Wildman–Crippen MR) is 328 cm³/mol. The first-order valence-corrected chi connectivity index (χ1v) is 30.4. The van der Waals surface area contributed by atoms with E-state index in [4.69, 9.17) is 0 Å². The quantitative estimate of drug-likeness (QED) is 0.0308. The molecule has 0 aromatic carbocycles. The zero-order valence-electron chi connectivity index (χ0n) is 54.3. The van der Waals surface area contributed by atoms with Gasteiger partial charge >= 0.3 is 0 Å². The summed E-state index contributed by atoms with van der Waals surface area (Å²) in [5, 5.41) is 14.1. The Kier molecular flexibility index (Phi) is 35.4. The van der Waals surface area contributed by atoms with E-state index in [1.54, 1.807) is 21.6 Å². The number of carbonyl (C=O) groups is 14. The molecule has 0 aromatic heterocycles. The molecule has 1 atom stereocenters. The zero-order chi connectivity index (χ0) is 66.6. The highest BCUT2D eigenvalue weighted by molar-refractivity contribution is 8.77. The van der Waals surface area contributed by atoms with Crippen molar-refractivity contribution in [3.05, 3.63) is 0 Å². The molecule has 0 radical (unpaired) electrons. The number of hydrogen-bond donors (Lipinski definition) is 5. The molecule has 0 rings (SSSR count). The van der Waals surface area contributed by atoms with Crippen LogP contribution in [0.5, 0.6) is 0 Å². The van der Waals surface area contributed by atoms with Crippen LogP contribution >= 0.6 is 21.6 Å². The van der Waals surface area contributed by atoms with E-state index in [1.807, 2.05) is 55.4 Å². The monoisotopic (exact) mass is 1260 g/mol. The Bertz CT molecular complexity index is 2380. The second-order valence-electron chi connectivity index (χ2n) is 23.3. The Morgan fingerprint density at radius 3 is 0.988 bits per heavy atom. The van der Waals surface area contributed by atoms with Crippen molar-refractivity contribution in [2.45, 2.75) is 103 Å². The molecule has 0 saturated heterocycles. The van der Waals surface area contributed by atoms with E-state index in [0.717, 1.165) is 44.1 Å². The van der Waals surface area contributed by atoms with Gasteiger partial charge in [-0.1, -0.05) is 49.3 Å². The van der Waals surface area contributed by atoms with Gasteiger partial charge in [-0.25, -0.2) is 0 Å². The first kappa shape index (κ1) is 79.2. The zero-order valence-corrected chi connectivity index (χ0v) is 55.9. The Labute approximate surface area is 516 Å². The van der Waals surface area contributed by atoms with Crippen LogP contribution < -0.4 is 26.6 Å². The standard InChI is InChI=1S/C55H99N15O14S2/c1-37(2)52(83)59-36-55(8,9)86-85-54(6,7)22-20-40(71)57-23-21-42(73)62(11)27-44(75)64(13)29-46(77)66(15)31-48(79)68(17)33-50(81)70(19)35-51(82)69(18)34-49(80)67(16)32-47(78)65(14)30-45(76)63(12)28-43(74)61(10)26-41(72)60-39(5)53(84)58-25-24-56-38(3)4/h37-39,56H,20-36H2,1-19H3,(H,57,71)(H,58,84)(H,59,83)(H,60,72)/t39-/m0/s1. The molecule has 0 heterocycles. The Balaban J connectivity index is 4.85. The van der Waals surface area contributed by atoms with Gasteiger partial charge in [-0.3, -0.25) is 67.1 Å². The molecule has 14 amide bonds. The van der Waals surface area contributed by atoms with Gasteiger partial charge in [-0.2, -0.15) is 0 Å². The lowest BCUT2D eigenvalue weighted by Gasteiger charge is -2.30. The van der Waals surface area contributed by atoms with Crippen molar-refractivity contribution >= 4 is 104 Å². The summed E-state index contributed by atoms with van der Waals surface area (Å²) in [5.41, 5.74) is 0. The number of carbonyl (C=O) groups excluding carboxylic acids is 14. The van der Waals surface area contributed by atoms with E-state index in [9.17, 15) is 67.1 Å². The maximum atomic E-state index is 13.1. The van der Waals surface area contributed by atoms with Crippen LogP contribution in [0.3, 0.4) is 0 Å². The van der Waals surface area contributed by atoms with Crippen molar-refractivity contribution in [3.8, 4) is 0 Å². The lowest BCUT2D eigenvalue weighted by molar-refractivity contribution is -0.146. The minimum absolute atomic E-state index is 0.00975. The van der Waals surface area contributed by atoms with Gasteiger partial charge in [0.2, 0.25) is 82.7 Å². The molecule has 0 spiro atoms. The molecule has 29 nitrogen and oxygen atoms in total. The minimum atomic E-state index is -0.857. The van der Waals surface area contributed by atoms with Crippen LogP contribution in [0.25, 0.3) is 0 Å². The van der Waals surface area contributed by atoms with Crippen LogP contribution in [-0.4, -0.2) is 315 Å². The van der Waals surface area contributed by atoms with Gasteiger partial charge in [0.25, 0.3) is 0 Å². The van der Waals surface area contributed by atoms with E-state index >= 15 is 0 Å². The number of likely N-dealkylation sites (N-methyl/N-ethyl adjacent to an activating group) is 10. The maximum Gasteiger partial charge on any atom is 0.242 e. The lowest BCUT2D eigenvalue weighted by Crippen LogP contribution is -2.50. The number of nitrogens with one attached hydrogen (secondary N) is 5. The van der Waals surface area contributed by atoms with Gasteiger partial charge in [0.05, 0.1) is 65.4 Å². The predicted octanol–water partition coefficient (Wildman–Crippen LogP) is -2.81. The van der Waals surface area contributed by atoms with Crippen molar-refractivity contribution in [3.63, 3.8) is 0 Å². The van der Waals surface area contributed by atoms with Crippen molar-refractivity contribution < 1.29 is 67.1 Å². The summed E-state index contributed by atoms with van der Waals surface area (Å²) < 4.78 is -0.484. The molecule has 5 N–H and O–H groups in total. The van der Waals surface area contributed by atoms with Crippen molar-refractivity contribution in [1.82, 2.24) is 75.6 Å². The van der Waals surface area contributed by atoms with Gasteiger partial charge in [0.1, 0.15) is 6.04 Å². The smallest absolute Gasteiger partial charge is 0.242 e. The molecule has 31 heteroatoms. The summed E-state index contributed by atoms with van der Waals surface area (Å²) in [7, 11) is 16.7. The van der Waals surface area contributed by atoms with E-state index in [1.165, 1.54) is 82.3 Å². The van der Waals surface area contributed by atoms with Gasteiger partial charge < -0.3 is 75.6 Å². The SMILES string of the molecule is CC(C)NCCNC(=O)[C@H](C)NC(=O)CN(C)C(=O)CN(C)C(=O)CN(C)C(=O)CN(C)C(=O)CN(C)C(=O)CN(C)C(=O)CN(C)C(=O)CN(C)C(=O)CN(C)C(=O)CN(C)C(=O)CCNC(=O)CCC(C)(C)SSC(C)(C)CNC(=O)C(C)C. The molecular weight excluding hydrogens is 1160 g/mol. The molecule has 490 valence electrons. The number of nitrogens with zero attached hydrogens (tertiary/aromatic N) is 10. The Hall–Kier alpha value is -6.76. The molecule has 0 bridgehead atoms. The summed E-state index contributed by atoms with van der Waals surface area (Å²) in [5.74, 6) is -7.31. The fourth-order valence-electron chi connectivity index (χ4n) is 6.87. The third-order valence-corrected chi connectivity index (χ3v) is 17.3. The van der Waals surface area contributed by atoms with Crippen molar-refractivity contribution in [2.24, 2.45) is 5.92 Å². The van der Waals surface area contributed by atoms with E-state index in [0.29, 0.717) is 26.1 Å². The molecule has 0 aliphatic rings. The summed E-state index contributed by atoms with van der Waals surface area (Å²) in [6, 6.07) is -0.611. The summed E-state index contributed by atoms with van der Waals surface area (Å²) in [4.78, 5) is 190. The van der Waals surface area contributed by atoms with Crippen LogP contribution in [0.2, 0.25) is 0 Å². The van der Waals surface area contributed by atoms with Crippen molar-refractivity contribution in [2.75, 3.05) is 162 Å². The largest absolute Gasteiger partial charge is 0.356 e. The van der Waals surface area contributed by atoms with Crippen LogP contribution in [-0.2, 0) is 67.1 Å². The second-order valence-corrected chi connectivity index (χ2v) is 26.9. The first-order chi connectivity index (χ1) is 39.6. The molecule has 0 aromatic rings. The number of amides is 14. The van der Waals surface area contributed by atoms with Crippen LogP contribution in [0.1, 0.15) is 81.6 Å². The number of hydrogen-bond acceptors (Lipinski definition) is 17. The molecule has 0 aliphatic carbocycles. The van der Waals surface area contributed by atoms with Gasteiger partial charge in [0.15, 0.2) is 0 Å². The summed E-state index contributed by atoms with van der Waals surface area (Å²) in [6.07, 6.45) is 0.740. The van der Waals surface area contributed by atoms with E-state index in [-0.39, 0.29) is 65.7 Å². The molecule has 0 saturated carbocycles. The van der Waals surface area contributed by atoms with Crippen LogP contribution in [0.15, 0.2) is 0 Å². The van der Waals surface area contributed by atoms with Gasteiger partial charge in [0, 0.05) is 131 Å². The Morgan fingerprint density at radius 2 is 0.663 bits per heavy atom. The fraction of sp³-hybridized carbons (Fsp3) is 0.745. The molecule has 0 unspecified atom stereocenters. The lowest BCUT2D eigenvalue weighted by atomic mass is 10.1. The highest BCUT2D eigenvalue weighted by Gasteiger charge is 2.30.